The molecule has 0 saturated carbocycles. The Kier molecular flexibility index (Phi) is 4.96. The number of esters is 1. The molecule has 0 bridgehead atoms. The molecule has 0 unspecified atom stereocenters. The molecule has 0 fully saturated rings. The van der Waals surface area contributed by atoms with Gasteiger partial charge in [-0.2, -0.15) is 13.2 Å². The number of rotatable bonds is 3. The lowest BCUT2D eigenvalue weighted by atomic mass is 9.77. The van der Waals surface area contributed by atoms with E-state index in [1.54, 1.807) is 0 Å². The third-order valence-electron chi connectivity index (χ3n) is 4.05. The van der Waals surface area contributed by atoms with E-state index in [0.29, 0.717) is 0 Å². The van der Waals surface area contributed by atoms with Crippen LogP contribution in [0.5, 0.6) is 0 Å². The summed E-state index contributed by atoms with van der Waals surface area (Å²) in [7, 11) is 1.07. The quantitative estimate of drug-likeness (QED) is 0.471. The Morgan fingerprint density at radius 1 is 1.28 bits per heavy atom. The van der Waals surface area contributed by atoms with Gasteiger partial charge < -0.3 is 4.74 Å². The molecule has 1 aliphatic heterocycles. The number of nitro groups is 1. The van der Waals surface area contributed by atoms with Gasteiger partial charge in [0.15, 0.2) is 0 Å². The molecule has 0 N–H and O–H groups in total. The number of carbonyl (C=O) groups is 1. The molecule has 6 nitrogen and oxygen atoms in total. The molecule has 0 saturated heterocycles. The number of allylic oxidation sites excluding steroid dienone is 2. The van der Waals surface area contributed by atoms with Gasteiger partial charge in [0, 0.05) is 5.71 Å². The number of nitrogens with zero attached hydrogens (tertiary/aromatic N) is 2. The topological polar surface area (TPSA) is 81.8 Å². The molecule has 0 amide bonds. The molecular weight excluding hydrogens is 341 g/mol. The zero-order valence-corrected chi connectivity index (χ0v) is 13.6. The van der Waals surface area contributed by atoms with Crippen LogP contribution in [0.15, 0.2) is 40.7 Å². The van der Waals surface area contributed by atoms with Gasteiger partial charge >= 0.3 is 12.1 Å². The summed E-state index contributed by atoms with van der Waals surface area (Å²) in [5.41, 5.74) is -1.80. The largest absolute Gasteiger partial charge is 0.468 e. The standard InChI is InChI=1S/C16H15F3N2O4/c1-8-12(15(22)25-3)13(14(21(23)24)9(2)20-8)10-6-4-5-7-11(10)16(17,18)19/h4-7,12-13H,1-3H3/t12-,13+/m0/s1. The molecule has 0 spiro atoms. The van der Waals surface area contributed by atoms with Crippen LogP contribution in [0, 0.1) is 16.0 Å². The van der Waals surface area contributed by atoms with Crippen LogP contribution >= 0.6 is 0 Å². The number of hydrogen-bond donors (Lipinski definition) is 0. The van der Waals surface area contributed by atoms with E-state index in [1.165, 1.54) is 26.0 Å². The maximum absolute atomic E-state index is 13.4. The minimum Gasteiger partial charge on any atom is -0.468 e. The first kappa shape index (κ1) is 18.6. The van der Waals surface area contributed by atoms with Crippen molar-refractivity contribution in [2.45, 2.75) is 25.9 Å². The Morgan fingerprint density at radius 3 is 2.40 bits per heavy atom. The normalized spacial score (nSPS) is 21.0. The highest BCUT2D eigenvalue weighted by Gasteiger charge is 2.48. The van der Waals surface area contributed by atoms with Crippen LogP contribution in [-0.4, -0.2) is 23.7 Å². The maximum atomic E-state index is 13.4. The number of alkyl halides is 3. The Morgan fingerprint density at radius 2 is 1.88 bits per heavy atom. The summed E-state index contributed by atoms with van der Waals surface area (Å²) in [4.78, 5) is 26.9. The van der Waals surface area contributed by atoms with Crippen LogP contribution in [0.25, 0.3) is 0 Å². The van der Waals surface area contributed by atoms with Gasteiger partial charge in [-0.3, -0.25) is 19.9 Å². The van der Waals surface area contributed by atoms with E-state index < -0.39 is 40.2 Å². The second-order valence-electron chi connectivity index (χ2n) is 5.54. The summed E-state index contributed by atoms with van der Waals surface area (Å²) in [6.07, 6.45) is -4.73. The molecule has 9 heteroatoms. The number of aliphatic imine (C=N–C) groups is 1. The molecule has 1 heterocycles. The fraction of sp³-hybridized carbons (Fsp3) is 0.375. The second-order valence-corrected chi connectivity index (χ2v) is 5.54. The van der Waals surface area contributed by atoms with Crippen molar-refractivity contribution in [1.82, 2.24) is 0 Å². The Hall–Kier alpha value is -2.71. The van der Waals surface area contributed by atoms with Crippen LogP contribution in [0.2, 0.25) is 0 Å². The van der Waals surface area contributed by atoms with Gasteiger partial charge in [-0.05, 0) is 25.5 Å². The van der Waals surface area contributed by atoms with Gasteiger partial charge in [0.1, 0.15) is 11.6 Å². The van der Waals surface area contributed by atoms with Gasteiger partial charge in [0.05, 0.1) is 23.5 Å². The highest BCUT2D eigenvalue weighted by Crippen LogP contribution is 2.44. The SMILES string of the molecule is COC(=O)[C@H]1C(C)=NC(C)=C([N+](=O)[O-])[C@@H]1c1ccccc1C(F)(F)F. The monoisotopic (exact) mass is 356 g/mol. The zero-order chi connectivity index (χ0) is 18.9. The fourth-order valence-electron chi connectivity index (χ4n) is 3.05. The van der Waals surface area contributed by atoms with E-state index in [0.717, 1.165) is 19.2 Å². The molecule has 1 aromatic carbocycles. The van der Waals surface area contributed by atoms with E-state index in [1.807, 2.05) is 0 Å². The molecule has 0 radical (unpaired) electrons. The van der Waals surface area contributed by atoms with Crippen molar-refractivity contribution in [2.75, 3.05) is 7.11 Å². The number of carbonyl (C=O) groups excluding carboxylic acids is 1. The summed E-state index contributed by atoms with van der Waals surface area (Å²) in [5.74, 6) is -3.63. The van der Waals surface area contributed by atoms with Crippen molar-refractivity contribution in [3.8, 4) is 0 Å². The summed E-state index contributed by atoms with van der Waals surface area (Å²) >= 11 is 0. The number of methoxy groups -OCH3 is 1. The Labute approximate surface area is 141 Å². The van der Waals surface area contributed by atoms with Gasteiger partial charge in [0.2, 0.25) is 0 Å². The summed E-state index contributed by atoms with van der Waals surface area (Å²) in [5, 5.41) is 11.5. The van der Waals surface area contributed by atoms with Crippen LogP contribution in [0.4, 0.5) is 13.2 Å². The summed E-state index contributed by atoms with van der Waals surface area (Å²) < 4.78 is 44.9. The van der Waals surface area contributed by atoms with E-state index in [2.05, 4.69) is 9.73 Å². The van der Waals surface area contributed by atoms with Crippen molar-refractivity contribution in [3.05, 3.63) is 56.9 Å². The van der Waals surface area contributed by atoms with Gasteiger partial charge in [0.25, 0.3) is 5.70 Å². The molecule has 1 aromatic rings. The molecule has 2 rings (SSSR count). The third kappa shape index (κ3) is 3.40. The Balaban J connectivity index is 2.79. The zero-order valence-electron chi connectivity index (χ0n) is 13.6. The first-order valence-electron chi connectivity index (χ1n) is 7.23. The average molecular weight is 356 g/mol. The van der Waals surface area contributed by atoms with Crippen LogP contribution in [-0.2, 0) is 15.7 Å². The van der Waals surface area contributed by atoms with Crippen molar-refractivity contribution in [2.24, 2.45) is 10.9 Å². The highest BCUT2D eigenvalue weighted by molar-refractivity contribution is 6.03. The van der Waals surface area contributed by atoms with Crippen LogP contribution < -0.4 is 0 Å². The van der Waals surface area contributed by atoms with E-state index in [-0.39, 0.29) is 17.0 Å². The predicted molar refractivity (Wildman–Crippen MR) is 82.5 cm³/mol. The van der Waals surface area contributed by atoms with E-state index >= 15 is 0 Å². The fourth-order valence-corrected chi connectivity index (χ4v) is 3.05. The highest BCUT2D eigenvalue weighted by atomic mass is 19.4. The lowest BCUT2D eigenvalue weighted by Gasteiger charge is -2.29. The van der Waals surface area contributed by atoms with Crippen LogP contribution in [0.1, 0.15) is 30.9 Å². The first-order chi connectivity index (χ1) is 11.6. The van der Waals surface area contributed by atoms with Gasteiger partial charge in [-0.1, -0.05) is 18.2 Å². The predicted octanol–water partition coefficient (Wildman–Crippen LogP) is 3.56. The minimum atomic E-state index is -4.73. The molecule has 2 atom stereocenters. The molecular formula is C16H15F3N2O4. The minimum absolute atomic E-state index is 0.0374. The maximum Gasteiger partial charge on any atom is 0.416 e. The molecule has 25 heavy (non-hydrogen) atoms. The van der Waals surface area contributed by atoms with Crippen LogP contribution in [0.3, 0.4) is 0 Å². The number of ether oxygens (including phenoxy) is 1. The third-order valence-corrected chi connectivity index (χ3v) is 4.05. The first-order valence-corrected chi connectivity index (χ1v) is 7.23. The van der Waals surface area contributed by atoms with E-state index in [4.69, 9.17) is 0 Å². The van der Waals surface area contributed by atoms with Crippen molar-refractivity contribution in [3.63, 3.8) is 0 Å². The van der Waals surface area contributed by atoms with Crippen molar-refractivity contribution < 1.29 is 27.6 Å². The number of halogens is 3. The number of benzene rings is 1. The lowest BCUT2D eigenvalue weighted by Crippen LogP contribution is -2.36. The second kappa shape index (κ2) is 6.66. The molecule has 0 aliphatic carbocycles. The molecule has 134 valence electrons. The van der Waals surface area contributed by atoms with E-state index in [9.17, 15) is 28.1 Å². The summed E-state index contributed by atoms with van der Waals surface area (Å²) in [6.45, 7) is 2.77. The van der Waals surface area contributed by atoms with Gasteiger partial charge in [-0.15, -0.1) is 0 Å². The van der Waals surface area contributed by atoms with Crippen molar-refractivity contribution in [1.29, 1.82) is 0 Å². The van der Waals surface area contributed by atoms with Gasteiger partial charge in [-0.25, -0.2) is 0 Å². The Bertz CT molecular complexity index is 784. The summed E-state index contributed by atoms with van der Waals surface area (Å²) in [6, 6.07) is 4.50. The lowest BCUT2D eigenvalue weighted by molar-refractivity contribution is -0.432. The number of hydrogen-bond acceptors (Lipinski definition) is 5. The molecule has 1 aliphatic rings. The molecule has 0 aromatic heterocycles. The van der Waals surface area contributed by atoms with Crippen molar-refractivity contribution >= 4 is 11.7 Å². The smallest absolute Gasteiger partial charge is 0.416 e. The average Bonchev–Trinajstić information content (AvgIpc) is 2.52.